The number of carbonyl (C=O) groups excluding carboxylic acids is 1. The zero-order chi connectivity index (χ0) is 18.1. The average Bonchev–Trinajstić information content (AvgIpc) is 2.54. The van der Waals surface area contributed by atoms with Gasteiger partial charge in [0.15, 0.2) is 0 Å². The number of rotatable bonds is 4. The van der Waals surface area contributed by atoms with E-state index in [4.69, 9.17) is 9.47 Å². The summed E-state index contributed by atoms with van der Waals surface area (Å²) in [5.74, 6) is 0.495. The van der Waals surface area contributed by atoms with Crippen molar-refractivity contribution >= 4 is 5.97 Å². The van der Waals surface area contributed by atoms with Gasteiger partial charge in [-0.05, 0) is 50.7 Å². The largest absolute Gasteiger partial charge is 0.507 e. The number of phenols is 1. The molecule has 4 nitrogen and oxygen atoms in total. The molecule has 1 aromatic carbocycles. The molecule has 134 valence electrons. The van der Waals surface area contributed by atoms with Crippen LogP contribution in [0.1, 0.15) is 67.4 Å². The lowest BCUT2D eigenvalue weighted by molar-refractivity contribution is 0.00404. The van der Waals surface area contributed by atoms with Crippen molar-refractivity contribution in [2.45, 2.75) is 52.4 Å². The van der Waals surface area contributed by atoms with Crippen LogP contribution in [0.15, 0.2) is 29.9 Å². The highest BCUT2D eigenvalue weighted by molar-refractivity contribution is 5.96. The number of ether oxygens (including phenoxy) is 2. The van der Waals surface area contributed by atoms with E-state index >= 15 is 0 Å². The molecule has 3 rings (SSSR count). The van der Waals surface area contributed by atoms with Gasteiger partial charge < -0.3 is 14.6 Å². The molecule has 2 aliphatic rings. The van der Waals surface area contributed by atoms with Gasteiger partial charge in [-0.2, -0.15) is 0 Å². The highest BCUT2D eigenvalue weighted by Crippen LogP contribution is 2.49. The molecule has 0 amide bonds. The number of phenolic OH excluding ortho intramolecular Hbond substituents is 1. The van der Waals surface area contributed by atoms with Crippen molar-refractivity contribution < 1.29 is 19.4 Å². The Hall–Kier alpha value is -2.23. The lowest BCUT2D eigenvalue weighted by Gasteiger charge is -2.33. The van der Waals surface area contributed by atoms with Gasteiger partial charge in [0, 0.05) is 11.5 Å². The minimum absolute atomic E-state index is 0.0402. The third-order valence-electron chi connectivity index (χ3n) is 5.21. The van der Waals surface area contributed by atoms with Gasteiger partial charge in [-0.1, -0.05) is 37.1 Å². The highest BCUT2D eigenvalue weighted by Gasteiger charge is 2.35. The Bertz CT molecular complexity index is 745. The van der Waals surface area contributed by atoms with E-state index in [0.717, 1.165) is 30.4 Å². The summed E-state index contributed by atoms with van der Waals surface area (Å²) in [5.41, 5.74) is 4.31. The molecule has 1 aromatic rings. The number of hydrogen-bond acceptors (Lipinski definition) is 4. The van der Waals surface area contributed by atoms with Crippen LogP contribution in [0.5, 0.6) is 11.5 Å². The molecule has 0 spiro atoms. The van der Waals surface area contributed by atoms with Crippen molar-refractivity contribution in [3.8, 4) is 11.5 Å². The number of benzene rings is 1. The average molecular weight is 342 g/mol. The van der Waals surface area contributed by atoms with Gasteiger partial charge >= 0.3 is 5.97 Å². The van der Waals surface area contributed by atoms with Crippen molar-refractivity contribution in [2.24, 2.45) is 5.92 Å². The first-order chi connectivity index (χ1) is 11.9. The maximum absolute atomic E-state index is 12.4. The summed E-state index contributed by atoms with van der Waals surface area (Å²) in [6.45, 7) is 10.2. The third kappa shape index (κ3) is 3.17. The Kier molecular flexibility index (Phi) is 4.89. The lowest BCUT2D eigenvalue weighted by Crippen LogP contribution is -2.24. The zero-order valence-corrected chi connectivity index (χ0v) is 15.2. The molecule has 0 aromatic heterocycles. The molecule has 4 heteroatoms. The minimum Gasteiger partial charge on any atom is -0.507 e. The number of carbonyl (C=O) groups is 1. The van der Waals surface area contributed by atoms with E-state index in [1.165, 1.54) is 5.57 Å². The van der Waals surface area contributed by atoms with Crippen LogP contribution in [-0.2, 0) is 11.2 Å². The van der Waals surface area contributed by atoms with Gasteiger partial charge in [-0.25, -0.2) is 4.79 Å². The van der Waals surface area contributed by atoms with Crippen molar-refractivity contribution in [1.82, 2.24) is 0 Å². The molecule has 0 bridgehead atoms. The van der Waals surface area contributed by atoms with E-state index in [1.807, 2.05) is 13.8 Å². The van der Waals surface area contributed by atoms with E-state index in [0.29, 0.717) is 23.3 Å². The number of esters is 1. The van der Waals surface area contributed by atoms with Gasteiger partial charge in [0.05, 0.1) is 0 Å². The maximum atomic E-state index is 12.4. The van der Waals surface area contributed by atoms with Crippen LogP contribution < -0.4 is 4.74 Å². The zero-order valence-electron chi connectivity index (χ0n) is 15.2. The third-order valence-corrected chi connectivity index (χ3v) is 5.21. The molecular weight excluding hydrogens is 316 g/mol. The number of allylic oxidation sites excluding steroid dienone is 3. The van der Waals surface area contributed by atoms with E-state index in [9.17, 15) is 9.90 Å². The smallest absolute Gasteiger partial charge is 0.345 e. The fourth-order valence-corrected chi connectivity index (χ4v) is 3.99. The number of aryl methyl sites for hydroxylation is 1. The molecule has 1 aliphatic carbocycles. The second-order valence-corrected chi connectivity index (χ2v) is 7.15. The summed E-state index contributed by atoms with van der Waals surface area (Å²) in [5, 5.41) is 10.8. The summed E-state index contributed by atoms with van der Waals surface area (Å²) in [7, 11) is 0. The summed E-state index contributed by atoms with van der Waals surface area (Å²) in [6.07, 6.45) is 5.75. The molecule has 0 fully saturated rings. The van der Waals surface area contributed by atoms with Crippen LogP contribution >= 0.6 is 0 Å². The predicted molar refractivity (Wildman–Crippen MR) is 97.0 cm³/mol. The number of fused-ring (bicyclic) bond motifs is 1. The van der Waals surface area contributed by atoms with Crippen molar-refractivity contribution in [3.63, 3.8) is 0 Å². The highest BCUT2D eigenvalue weighted by atomic mass is 16.7. The summed E-state index contributed by atoms with van der Waals surface area (Å²) >= 11 is 0. The van der Waals surface area contributed by atoms with E-state index in [-0.39, 0.29) is 30.3 Å². The van der Waals surface area contributed by atoms with Gasteiger partial charge in [-0.15, -0.1) is 0 Å². The minimum atomic E-state index is -0.366. The molecule has 0 saturated heterocycles. The first-order valence-corrected chi connectivity index (χ1v) is 8.95. The second kappa shape index (κ2) is 6.95. The molecule has 0 saturated carbocycles. The molecule has 1 heterocycles. The standard InChI is InChI=1S/C21H26O4/c1-5-6-14-10-17(22)19(20-18(14)21(23)25-11-24-20)16-9-13(4)7-8-15(16)12(2)3/h9-10,15-16,22H,2,5-8,11H2,1,3-4H3. The Morgan fingerprint density at radius 3 is 2.84 bits per heavy atom. The van der Waals surface area contributed by atoms with Crippen molar-refractivity contribution in [2.75, 3.05) is 6.79 Å². The normalized spacial score (nSPS) is 22.5. The summed E-state index contributed by atoms with van der Waals surface area (Å²) in [6, 6.07) is 1.71. The topological polar surface area (TPSA) is 55.8 Å². The molecule has 25 heavy (non-hydrogen) atoms. The number of hydrogen-bond donors (Lipinski definition) is 1. The molecule has 0 radical (unpaired) electrons. The lowest BCUT2D eigenvalue weighted by atomic mass is 9.73. The molecular formula is C21H26O4. The Morgan fingerprint density at radius 2 is 2.16 bits per heavy atom. The van der Waals surface area contributed by atoms with Crippen LogP contribution in [0.3, 0.4) is 0 Å². The Balaban J connectivity index is 2.22. The Morgan fingerprint density at radius 1 is 1.40 bits per heavy atom. The fourth-order valence-electron chi connectivity index (χ4n) is 3.99. The fraction of sp³-hybridized carbons (Fsp3) is 0.476. The van der Waals surface area contributed by atoms with Crippen LogP contribution in [0, 0.1) is 5.92 Å². The quantitative estimate of drug-likeness (QED) is 0.627. The van der Waals surface area contributed by atoms with Crippen molar-refractivity contribution in [3.05, 3.63) is 46.6 Å². The maximum Gasteiger partial charge on any atom is 0.345 e. The Labute approximate surface area is 149 Å². The summed E-state index contributed by atoms with van der Waals surface area (Å²) in [4.78, 5) is 12.4. The SMILES string of the molecule is C=C(C)C1CCC(C)=CC1c1c(O)cc(CCC)c2c1OCOC2=O. The molecule has 1 aliphatic heterocycles. The first kappa shape index (κ1) is 17.6. The molecule has 1 N–H and O–H groups in total. The van der Waals surface area contributed by atoms with Gasteiger partial charge in [0.25, 0.3) is 0 Å². The van der Waals surface area contributed by atoms with Crippen LogP contribution in [0.4, 0.5) is 0 Å². The number of aromatic hydroxyl groups is 1. The first-order valence-electron chi connectivity index (χ1n) is 8.95. The van der Waals surface area contributed by atoms with Crippen LogP contribution in [0.25, 0.3) is 0 Å². The molecule has 2 atom stereocenters. The van der Waals surface area contributed by atoms with E-state index in [2.05, 4.69) is 19.6 Å². The summed E-state index contributed by atoms with van der Waals surface area (Å²) < 4.78 is 10.8. The monoisotopic (exact) mass is 342 g/mol. The molecule has 2 unspecified atom stereocenters. The van der Waals surface area contributed by atoms with Crippen molar-refractivity contribution in [1.29, 1.82) is 0 Å². The van der Waals surface area contributed by atoms with Gasteiger partial charge in [-0.3, -0.25) is 0 Å². The predicted octanol–water partition coefficient (Wildman–Crippen LogP) is 4.87. The van der Waals surface area contributed by atoms with Crippen LogP contribution in [-0.4, -0.2) is 17.9 Å². The van der Waals surface area contributed by atoms with Gasteiger partial charge in [0.2, 0.25) is 6.79 Å². The second-order valence-electron chi connectivity index (χ2n) is 7.15. The number of cyclic esters (lactones) is 1. The van der Waals surface area contributed by atoms with E-state index < -0.39 is 0 Å². The van der Waals surface area contributed by atoms with Gasteiger partial charge in [0.1, 0.15) is 17.1 Å². The van der Waals surface area contributed by atoms with E-state index in [1.54, 1.807) is 6.07 Å². The van der Waals surface area contributed by atoms with Crippen LogP contribution in [0.2, 0.25) is 0 Å².